The van der Waals surface area contributed by atoms with Gasteiger partial charge < -0.3 is 5.73 Å². The molecule has 0 aliphatic carbocycles. The van der Waals surface area contributed by atoms with Gasteiger partial charge in [0.1, 0.15) is 0 Å². The summed E-state index contributed by atoms with van der Waals surface area (Å²) >= 11 is 6.25. The second-order valence-corrected chi connectivity index (χ2v) is 5.05. The van der Waals surface area contributed by atoms with E-state index < -0.39 is 0 Å². The molecule has 5 N–H and O–H groups in total. The smallest absolute Gasteiger partial charge is 0.0913 e. The lowest BCUT2D eigenvalue weighted by Gasteiger charge is -2.21. The number of nitrogens with one attached hydrogen (secondary N) is 1. The molecule has 0 radical (unpaired) electrons. The third kappa shape index (κ3) is 2.58. The number of aromatic nitrogens is 2. The molecule has 0 bridgehead atoms. The molecule has 0 aliphatic rings. The van der Waals surface area contributed by atoms with Crippen molar-refractivity contribution < 1.29 is 0 Å². The van der Waals surface area contributed by atoms with Gasteiger partial charge in [-0.2, -0.15) is 5.10 Å². The lowest BCUT2D eigenvalue weighted by Crippen LogP contribution is -2.31. The fraction of sp³-hybridized carbons (Fsp3) is 0.308. The lowest BCUT2D eigenvalue weighted by molar-refractivity contribution is 0.477. The Morgan fingerprint density at radius 2 is 2.00 bits per heavy atom. The summed E-state index contributed by atoms with van der Waals surface area (Å²) < 4.78 is 1.85. The summed E-state index contributed by atoms with van der Waals surface area (Å²) in [5, 5.41) is 4.86. The van der Waals surface area contributed by atoms with Crippen LogP contribution in [0.1, 0.15) is 37.2 Å². The Kier molecular flexibility index (Phi) is 4.09. The molecule has 0 saturated heterocycles. The highest BCUT2D eigenvalue weighted by molar-refractivity contribution is 6.31. The summed E-state index contributed by atoms with van der Waals surface area (Å²) in [7, 11) is 0. The minimum atomic E-state index is -0.293. The third-order valence-electron chi connectivity index (χ3n) is 3.02. The highest BCUT2D eigenvalue weighted by Crippen LogP contribution is 2.32. The molecule has 1 unspecified atom stereocenters. The number of benzene rings is 1. The van der Waals surface area contributed by atoms with Gasteiger partial charge in [0, 0.05) is 11.7 Å². The number of hydrazine groups is 1. The number of nitrogens with two attached hydrogens (primary N) is 2. The SMILES string of the molecule is CC(C)n1ncc(Cl)c1C(NN)c1ccccc1N. The summed E-state index contributed by atoms with van der Waals surface area (Å²) in [6.45, 7) is 4.07. The largest absolute Gasteiger partial charge is 0.398 e. The van der Waals surface area contributed by atoms with Crippen LogP contribution in [0.25, 0.3) is 0 Å². The van der Waals surface area contributed by atoms with Gasteiger partial charge in [-0.25, -0.2) is 5.43 Å². The fourth-order valence-corrected chi connectivity index (χ4v) is 2.36. The number of para-hydroxylation sites is 1. The van der Waals surface area contributed by atoms with Crippen LogP contribution in [0.15, 0.2) is 30.5 Å². The lowest BCUT2D eigenvalue weighted by atomic mass is 10.0. The molecule has 102 valence electrons. The zero-order chi connectivity index (χ0) is 14.0. The first-order valence-electron chi connectivity index (χ1n) is 6.09. The van der Waals surface area contributed by atoms with Crippen LogP contribution in [0.5, 0.6) is 0 Å². The van der Waals surface area contributed by atoms with Crippen molar-refractivity contribution in [3.05, 3.63) is 46.7 Å². The molecule has 0 fully saturated rings. The first kappa shape index (κ1) is 13.9. The van der Waals surface area contributed by atoms with Crippen molar-refractivity contribution >= 4 is 17.3 Å². The normalized spacial score (nSPS) is 12.9. The van der Waals surface area contributed by atoms with Crippen LogP contribution in [0, 0.1) is 0 Å². The molecule has 6 heteroatoms. The van der Waals surface area contributed by atoms with E-state index in [2.05, 4.69) is 10.5 Å². The van der Waals surface area contributed by atoms with Crippen LogP contribution in [-0.4, -0.2) is 9.78 Å². The van der Waals surface area contributed by atoms with E-state index in [1.165, 1.54) is 0 Å². The van der Waals surface area contributed by atoms with Gasteiger partial charge >= 0.3 is 0 Å². The summed E-state index contributed by atoms with van der Waals surface area (Å²) in [6, 6.07) is 7.45. The van der Waals surface area contributed by atoms with Crippen LogP contribution in [0.2, 0.25) is 5.02 Å². The number of halogens is 1. The second kappa shape index (κ2) is 5.61. The zero-order valence-electron chi connectivity index (χ0n) is 11.0. The minimum absolute atomic E-state index is 0.184. The average Bonchev–Trinajstić information content (AvgIpc) is 2.75. The molecule has 1 heterocycles. The topological polar surface area (TPSA) is 81.9 Å². The van der Waals surface area contributed by atoms with E-state index in [1.807, 2.05) is 42.8 Å². The number of rotatable bonds is 4. The van der Waals surface area contributed by atoms with E-state index in [4.69, 9.17) is 23.2 Å². The van der Waals surface area contributed by atoms with Gasteiger partial charge in [-0.3, -0.25) is 10.5 Å². The maximum Gasteiger partial charge on any atom is 0.0913 e. The highest BCUT2D eigenvalue weighted by Gasteiger charge is 2.23. The predicted octanol–water partition coefficient (Wildman–Crippen LogP) is 2.25. The van der Waals surface area contributed by atoms with Gasteiger partial charge in [-0.1, -0.05) is 29.8 Å². The molecule has 0 saturated carbocycles. The Morgan fingerprint density at radius 3 is 2.58 bits per heavy atom. The van der Waals surface area contributed by atoms with Gasteiger partial charge in [0.15, 0.2) is 0 Å². The van der Waals surface area contributed by atoms with Crippen molar-refractivity contribution in [2.75, 3.05) is 5.73 Å². The van der Waals surface area contributed by atoms with Crippen LogP contribution in [0.4, 0.5) is 5.69 Å². The van der Waals surface area contributed by atoms with Crippen LogP contribution >= 0.6 is 11.6 Å². The number of nitrogen functional groups attached to an aromatic ring is 1. The summed E-state index contributed by atoms with van der Waals surface area (Å²) in [4.78, 5) is 0. The molecule has 1 aromatic carbocycles. The third-order valence-corrected chi connectivity index (χ3v) is 3.31. The Bertz CT molecular complexity index is 564. The van der Waals surface area contributed by atoms with Crippen molar-refractivity contribution in [2.45, 2.75) is 25.9 Å². The van der Waals surface area contributed by atoms with Crippen LogP contribution in [0.3, 0.4) is 0 Å². The number of hydrogen-bond acceptors (Lipinski definition) is 4. The van der Waals surface area contributed by atoms with Gasteiger partial charge in [0.2, 0.25) is 0 Å². The van der Waals surface area contributed by atoms with Crippen molar-refractivity contribution in [1.29, 1.82) is 0 Å². The minimum Gasteiger partial charge on any atom is -0.398 e. The van der Waals surface area contributed by atoms with E-state index in [0.29, 0.717) is 10.7 Å². The quantitative estimate of drug-likeness (QED) is 0.455. The van der Waals surface area contributed by atoms with Gasteiger partial charge in [0.25, 0.3) is 0 Å². The van der Waals surface area contributed by atoms with E-state index in [-0.39, 0.29) is 12.1 Å². The predicted molar refractivity (Wildman–Crippen MR) is 77.6 cm³/mol. The second-order valence-electron chi connectivity index (χ2n) is 4.64. The van der Waals surface area contributed by atoms with Gasteiger partial charge in [-0.05, 0) is 25.5 Å². The van der Waals surface area contributed by atoms with Crippen LogP contribution < -0.4 is 17.0 Å². The fourth-order valence-electron chi connectivity index (χ4n) is 2.12. The van der Waals surface area contributed by atoms with E-state index in [9.17, 15) is 0 Å². The van der Waals surface area contributed by atoms with E-state index >= 15 is 0 Å². The first-order chi connectivity index (χ1) is 9.06. The van der Waals surface area contributed by atoms with Crippen molar-refractivity contribution in [2.24, 2.45) is 5.84 Å². The summed E-state index contributed by atoms with van der Waals surface area (Å²) in [6.07, 6.45) is 1.63. The Hall–Kier alpha value is -1.56. The van der Waals surface area contributed by atoms with Crippen LogP contribution in [-0.2, 0) is 0 Å². The number of hydrogen-bond donors (Lipinski definition) is 3. The maximum atomic E-state index is 6.25. The van der Waals surface area contributed by atoms with Crippen molar-refractivity contribution in [3.8, 4) is 0 Å². The molecular formula is C13H18ClN5. The molecule has 1 aromatic heterocycles. The summed E-state index contributed by atoms with van der Waals surface area (Å²) in [5.74, 6) is 5.70. The molecule has 1 atom stereocenters. The molecule has 19 heavy (non-hydrogen) atoms. The molecular weight excluding hydrogens is 262 g/mol. The summed E-state index contributed by atoms with van der Waals surface area (Å²) in [5.41, 5.74) is 11.1. The standard InChI is InChI=1S/C13H18ClN5/c1-8(2)19-13(10(14)7-17-19)12(18-16)9-5-3-4-6-11(9)15/h3-8,12,18H,15-16H2,1-2H3. The van der Waals surface area contributed by atoms with E-state index in [0.717, 1.165) is 11.3 Å². The number of nitrogens with zero attached hydrogens (tertiary/aromatic N) is 2. The highest BCUT2D eigenvalue weighted by atomic mass is 35.5. The van der Waals surface area contributed by atoms with Gasteiger partial charge in [0.05, 0.1) is 23.0 Å². The van der Waals surface area contributed by atoms with Crippen molar-refractivity contribution in [3.63, 3.8) is 0 Å². The monoisotopic (exact) mass is 279 g/mol. The average molecular weight is 280 g/mol. The Balaban J connectivity index is 2.55. The first-order valence-corrected chi connectivity index (χ1v) is 6.47. The molecule has 5 nitrogen and oxygen atoms in total. The number of anilines is 1. The molecule has 2 rings (SSSR count). The van der Waals surface area contributed by atoms with Crippen molar-refractivity contribution in [1.82, 2.24) is 15.2 Å². The maximum absolute atomic E-state index is 6.25. The Labute approximate surface area is 117 Å². The Morgan fingerprint density at radius 1 is 1.32 bits per heavy atom. The molecule has 2 aromatic rings. The molecule has 0 aliphatic heterocycles. The van der Waals surface area contributed by atoms with E-state index in [1.54, 1.807) is 6.20 Å². The van der Waals surface area contributed by atoms with Gasteiger partial charge in [-0.15, -0.1) is 0 Å². The molecule has 0 spiro atoms. The zero-order valence-corrected chi connectivity index (χ0v) is 11.7. The molecule has 0 amide bonds.